The Kier molecular flexibility index (Phi) is 44.5. The van der Waals surface area contributed by atoms with E-state index in [9.17, 15) is 0 Å². The van der Waals surface area contributed by atoms with E-state index in [-0.39, 0.29) is 50.9 Å². The molecule has 0 aromatic carbocycles. The Morgan fingerprint density at radius 2 is 1.26 bits per heavy atom. The van der Waals surface area contributed by atoms with Crippen molar-refractivity contribution >= 4 is 13.5 Å². The Morgan fingerprint density at radius 1 is 1.05 bits per heavy atom. The van der Waals surface area contributed by atoms with Crippen molar-refractivity contribution in [3.05, 3.63) is 0 Å². The van der Waals surface area contributed by atoms with Gasteiger partial charge in [0.05, 0.1) is 13.2 Å². The van der Waals surface area contributed by atoms with Crippen LogP contribution in [0.4, 0.5) is 4.79 Å². The molecule has 0 spiro atoms. The maximum Gasteiger partial charge on any atom is 1.00 e. The normalized spacial score (nSPS) is 7.74. The average molecular weight is 270 g/mol. The van der Waals surface area contributed by atoms with E-state index in [4.69, 9.17) is 30.3 Å². The third kappa shape index (κ3) is 45.8. The second-order valence-corrected chi connectivity index (χ2v) is 2.26. The SMILES string of the molecule is COB(OC)OC.O=C([O-])[O-].OCC(O)CO.[Li+].[Li+]. The largest absolute Gasteiger partial charge is 1.00 e. The monoisotopic (exact) mass is 270 g/mol. The first-order valence-electron chi connectivity index (χ1n) is 4.25. The van der Waals surface area contributed by atoms with E-state index in [0.29, 0.717) is 0 Å². The third-order valence-electron chi connectivity index (χ3n) is 0.999. The van der Waals surface area contributed by atoms with Crippen molar-refractivity contribution < 1.29 is 82.0 Å². The maximum absolute atomic E-state index is 8.33. The zero-order valence-corrected chi connectivity index (χ0v) is 11.9. The van der Waals surface area contributed by atoms with E-state index in [0.717, 1.165) is 0 Å². The molecule has 0 aromatic rings. The summed E-state index contributed by atoms with van der Waals surface area (Å²) >= 11 is 0. The molecule has 0 aliphatic carbocycles. The Balaban J connectivity index is -0.0000000506. The molecule has 0 atom stereocenters. The standard InChI is InChI=1S/C3H9BO3.C3H8O3.CH2O3.2Li/c1-5-4(6-2)7-3;4-1-3(6)2-5;2-1(3)4;;/h1-3H3;3-6H,1-2H2;(H2,2,3,4);;/q;;;2*+1/p-2. The molecule has 0 aliphatic rings. The summed E-state index contributed by atoms with van der Waals surface area (Å²) < 4.78 is 13.8. The zero-order chi connectivity index (χ0) is 14.3. The van der Waals surface area contributed by atoms with Crippen LogP contribution in [0.15, 0.2) is 0 Å². The van der Waals surface area contributed by atoms with Gasteiger partial charge in [-0.15, -0.1) is 0 Å². The molecule has 0 saturated carbocycles. The fourth-order valence-corrected chi connectivity index (χ4v) is 0.346. The van der Waals surface area contributed by atoms with Crippen molar-refractivity contribution in [1.29, 1.82) is 0 Å². The van der Waals surface area contributed by atoms with Crippen molar-refractivity contribution in [2.75, 3.05) is 34.5 Å². The van der Waals surface area contributed by atoms with E-state index < -0.39 is 19.6 Å². The quantitative estimate of drug-likeness (QED) is 0.413. The van der Waals surface area contributed by atoms with Gasteiger partial charge in [0.25, 0.3) is 0 Å². The molecular weight excluding hydrogens is 253 g/mol. The summed E-state index contributed by atoms with van der Waals surface area (Å²) in [7, 11) is 4.02. The van der Waals surface area contributed by atoms with Gasteiger partial charge in [-0.1, -0.05) is 0 Å². The molecule has 0 amide bonds. The summed E-state index contributed by atoms with van der Waals surface area (Å²) in [5, 5.41) is 40.7. The van der Waals surface area contributed by atoms with Crippen molar-refractivity contribution in [3.63, 3.8) is 0 Å². The van der Waals surface area contributed by atoms with Crippen LogP contribution in [0.2, 0.25) is 0 Å². The van der Waals surface area contributed by atoms with Gasteiger partial charge in [0.1, 0.15) is 6.10 Å². The van der Waals surface area contributed by atoms with Crippen LogP contribution < -0.4 is 47.9 Å². The molecule has 0 heterocycles. The van der Waals surface area contributed by atoms with Gasteiger partial charge in [0.15, 0.2) is 0 Å². The second-order valence-electron chi connectivity index (χ2n) is 2.26. The second kappa shape index (κ2) is 26.8. The number of carbonyl (C=O) groups is 1. The molecule has 0 aromatic heterocycles. The van der Waals surface area contributed by atoms with Gasteiger partial charge >= 0.3 is 45.0 Å². The minimum absolute atomic E-state index is 0. The van der Waals surface area contributed by atoms with Crippen LogP contribution in [0.1, 0.15) is 0 Å². The maximum atomic E-state index is 8.33. The van der Waals surface area contributed by atoms with E-state index in [1.165, 1.54) is 21.3 Å². The number of carbonyl (C=O) groups excluding carboxylic acids is 1. The van der Waals surface area contributed by atoms with E-state index in [2.05, 4.69) is 14.0 Å². The predicted molar refractivity (Wildman–Crippen MR) is 52.4 cm³/mol. The number of rotatable bonds is 5. The van der Waals surface area contributed by atoms with Crippen molar-refractivity contribution in [2.24, 2.45) is 0 Å². The van der Waals surface area contributed by atoms with Gasteiger partial charge in [-0.3, -0.25) is 0 Å². The first-order chi connectivity index (χ1) is 7.89. The summed E-state index contributed by atoms with van der Waals surface area (Å²) in [5.74, 6) is 0. The minimum Gasteiger partial charge on any atom is -0.652 e. The van der Waals surface area contributed by atoms with E-state index in [1.54, 1.807) is 0 Å². The molecule has 0 radical (unpaired) electrons. The van der Waals surface area contributed by atoms with Crippen LogP contribution in [0.3, 0.4) is 0 Å². The molecule has 0 aliphatic heterocycles. The molecular formula is C7H17BLi2O9. The number of aliphatic hydroxyl groups excluding tert-OH is 3. The van der Waals surface area contributed by atoms with Gasteiger partial charge in [-0.05, 0) is 6.16 Å². The smallest absolute Gasteiger partial charge is 0.652 e. The van der Waals surface area contributed by atoms with Crippen molar-refractivity contribution in [2.45, 2.75) is 6.10 Å². The molecule has 0 bridgehead atoms. The van der Waals surface area contributed by atoms with Crippen LogP contribution in [0.25, 0.3) is 0 Å². The Bertz CT molecular complexity index is 148. The fraction of sp³-hybridized carbons (Fsp3) is 0.857. The van der Waals surface area contributed by atoms with Gasteiger partial charge < -0.3 is 44.3 Å². The van der Waals surface area contributed by atoms with Crippen LogP contribution in [0, 0.1) is 0 Å². The van der Waals surface area contributed by atoms with E-state index >= 15 is 0 Å². The fourth-order valence-electron chi connectivity index (χ4n) is 0.346. The number of carboxylic acid groups (broad SMARTS) is 2. The number of hydrogen-bond donors (Lipinski definition) is 3. The Hall–Kier alpha value is 0.290. The Morgan fingerprint density at radius 3 is 1.26 bits per heavy atom. The number of hydrogen-bond acceptors (Lipinski definition) is 9. The average Bonchev–Trinajstić information content (AvgIpc) is 2.30. The molecule has 0 rings (SSSR count). The van der Waals surface area contributed by atoms with Crippen LogP contribution in [0.5, 0.6) is 0 Å². The molecule has 0 unspecified atom stereocenters. The summed E-state index contributed by atoms with van der Waals surface area (Å²) in [6, 6.07) is 0. The molecule has 3 N–H and O–H groups in total. The first-order valence-corrected chi connectivity index (χ1v) is 4.25. The van der Waals surface area contributed by atoms with Crippen LogP contribution >= 0.6 is 0 Å². The van der Waals surface area contributed by atoms with Crippen LogP contribution in [-0.4, -0.2) is 69.4 Å². The number of aliphatic hydroxyl groups is 3. The van der Waals surface area contributed by atoms with Gasteiger partial charge in [-0.2, -0.15) is 0 Å². The first kappa shape index (κ1) is 31.6. The predicted octanol–water partition coefficient (Wildman–Crippen LogP) is -10.2. The van der Waals surface area contributed by atoms with Crippen LogP contribution in [-0.2, 0) is 14.0 Å². The topological polar surface area (TPSA) is 152 Å². The summed E-state index contributed by atoms with van der Waals surface area (Å²) in [6.45, 7) is -0.729. The van der Waals surface area contributed by atoms with E-state index in [1.807, 2.05) is 0 Å². The zero-order valence-electron chi connectivity index (χ0n) is 11.9. The molecule has 19 heavy (non-hydrogen) atoms. The van der Waals surface area contributed by atoms with Gasteiger partial charge in [0, 0.05) is 21.3 Å². The summed E-state index contributed by atoms with van der Waals surface area (Å²) in [4.78, 5) is 8.33. The van der Waals surface area contributed by atoms with Crippen molar-refractivity contribution in [3.8, 4) is 0 Å². The Labute approximate surface area is 136 Å². The molecule has 0 saturated heterocycles. The molecule has 0 fully saturated rings. The van der Waals surface area contributed by atoms with Gasteiger partial charge in [-0.25, -0.2) is 0 Å². The molecule has 104 valence electrons. The van der Waals surface area contributed by atoms with Crippen molar-refractivity contribution in [1.82, 2.24) is 0 Å². The summed E-state index contributed by atoms with van der Waals surface area (Å²) in [5.41, 5.74) is 0. The molecule has 9 nitrogen and oxygen atoms in total. The third-order valence-corrected chi connectivity index (χ3v) is 0.999. The van der Waals surface area contributed by atoms with Gasteiger partial charge in [0.2, 0.25) is 0 Å². The molecule has 12 heteroatoms. The summed E-state index contributed by atoms with van der Waals surface area (Å²) in [6.07, 6.45) is -3.29. The minimum atomic E-state index is -2.33.